The number of rotatable bonds is 3. The fourth-order valence-electron chi connectivity index (χ4n) is 12.1. The van der Waals surface area contributed by atoms with E-state index in [2.05, 4.69) is 135 Å². The first kappa shape index (κ1) is 35.8. The molecule has 7 aromatic carbocycles. The van der Waals surface area contributed by atoms with Gasteiger partial charge in [0.05, 0.1) is 0 Å². The summed E-state index contributed by atoms with van der Waals surface area (Å²) < 4.78 is 0. The Hall–Kier alpha value is -5.58. The summed E-state index contributed by atoms with van der Waals surface area (Å²) in [6.45, 7) is 18.9. The highest BCUT2D eigenvalue weighted by Gasteiger charge is 2.60. The van der Waals surface area contributed by atoms with Gasteiger partial charge >= 0.3 is 0 Å². The SMILES string of the molecule is Cc1cc(C)c([C@@]2(O)c3ccccc3-c3c2c2c(c4c3[C@@](O)(c3c(C)cc(C)cc3C)c3ccccc3-4)[C@@](O)(c3c(C)cc(C)cc3C)c3ccccc3-2)c(C)c1. The van der Waals surface area contributed by atoms with Crippen LogP contribution in [0.3, 0.4) is 0 Å². The first-order valence-corrected chi connectivity index (χ1v) is 20.1. The minimum Gasteiger partial charge on any atom is -0.376 e. The van der Waals surface area contributed by atoms with E-state index in [9.17, 15) is 15.3 Å². The van der Waals surface area contributed by atoms with Gasteiger partial charge in [-0.25, -0.2) is 0 Å². The van der Waals surface area contributed by atoms with Crippen LogP contribution in [0.15, 0.2) is 109 Å². The standard InChI is InChI=1S/C54H48O3/c1-28-22-31(4)46(32(5)23-28)52(55)40-19-13-10-16-37(40)43-49(52)44-38-17-11-14-20-41(38)53(56,47-33(6)24-29(2)25-34(47)7)51(44)45-39-18-12-15-21-42(39)54(57,50(43)45)48-35(8)26-30(3)27-36(48)9/h10-27,55-57H,1-9H3/t52-,53-,54-/m0/s1. The maximum Gasteiger partial charge on any atom is 0.142 e. The Labute approximate surface area is 336 Å². The summed E-state index contributed by atoms with van der Waals surface area (Å²) in [6, 6.07) is 37.6. The van der Waals surface area contributed by atoms with Crippen molar-refractivity contribution in [3.63, 3.8) is 0 Å². The molecule has 57 heavy (non-hydrogen) atoms. The molecule has 0 bridgehead atoms. The first-order chi connectivity index (χ1) is 27.1. The topological polar surface area (TPSA) is 60.7 Å². The van der Waals surface area contributed by atoms with E-state index in [4.69, 9.17) is 0 Å². The Bertz CT molecular complexity index is 2540. The molecule has 0 aromatic heterocycles. The molecule has 3 nitrogen and oxygen atoms in total. The highest BCUT2D eigenvalue weighted by molar-refractivity contribution is 6.06. The molecule has 0 radical (unpaired) electrons. The lowest BCUT2D eigenvalue weighted by Crippen LogP contribution is -2.33. The quantitative estimate of drug-likeness (QED) is 0.169. The molecule has 0 saturated heterocycles. The maximum atomic E-state index is 14.3. The molecular formula is C54H48O3. The Kier molecular flexibility index (Phi) is 7.37. The summed E-state index contributed by atoms with van der Waals surface area (Å²) in [5, 5.41) is 42.8. The van der Waals surface area contributed by atoms with Crippen molar-refractivity contribution in [2.75, 3.05) is 0 Å². The molecule has 3 N–H and O–H groups in total. The normalized spacial score (nSPS) is 20.8. The highest BCUT2D eigenvalue weighted by Crippen LogP contribution is 2.69. The number of hydrogen-bond donors (Lipinski definition) is 3. The summed E-state index contributed by atoms with van der Waals surface area (Å²) in [5.74, 6) is 0. The second-order valence-electron chi connectivity index (χ2n) is 17.3. The Morgan fingerprint density at radius 3 is 0.737 bits per heavy atom. The zero-order valence-electron chi connectivity index (χ0n) is 34.2. The molecule has 0 amide bonds. The van der Waals surface area contributed by atoms with Gasteiger partial charge in [0, 0.05) is 33.4 Å². The van der Waals surface area contributed by atoms with E-state index in [0.29, 0.717) is 16.7 Å². The third-order valence-corrected chi connectivity index (χ3v) is 13.5. The molecule has 282 valence electrons. The second-order valence-corrected chi connectivity index (χ2v) is 17.3. The molecule has 0 aliphatic heterocycles. The van der Waals surface area contributed by atoms with Crippen molar-refractivity contribution < 1.29 is 15.3 Å². The van der Waals surface area contributed by atoms with Gasteiger partial charge in [0.1, 0.15) is 16.8 Å². The van der Waals surface area contributed by atoms with Gasteiger partial charge in [-0.1, -0.05) is 126 Å². The fraction of sp³-hybridized carbons (Fsp3) is 0.222. The molecule has 3 heteroatoms. The summed E-state index contributed by atoms with van der Waals surface area (Å²) in [4.78, 5) is 0. The predicted molar refractivity (Wildman–Crippen MR) is 231 cm³/mol. The monoisotopic (exact) mass is 744 g/mol. The van der Waals surface area contributed by atoms with Gasteiger partial charge in [0.25, 0.3) is 0 Å². The maximum absolute atomic E-state index is 14.3. The number of fused-ring (bicyclic) bond motifs is 12. The van der Waals surface area contributed by atoms with Crippen molar-refractivity contribution >= 4 is 0 Å². The van der Waals surface area contributed by atoms with Crippen molar-refractivity contribution in [1.82, 2.24) is 0 Å². The van der Waals surface area contributed by atoms with Gasteiger partial charge in [0.15, 0.2) is 0 Å². The van der Waals surface area contributed by atoms with Gasteiger partial charge in [0.2, 0.25) is 0 Å². The smallest absolute Gasteiger partial charge is 0.142 e. The molecule has 0 unspecified atom stereocenters. The number of benzene rings is 7. The Balaban J connectivity index is 1.52. The Morgan fingerprint density at radius 2 is 0.509 bits per heavy atom. The van der Waals surface area contributed by atoms with Crippen molar-refractivity contribution in [2.24, 2.45) is 0 Å². The van der Waals surface area contributed by atoms with Crippen LogP contribution < -0.4 is 0 Å². The third-order valence-electron chi connectivity index (χ3n) is 13.5. The van der Waals surface area contributed by atoms with Crippen molar-refractivity contribution in [3.8, 4) is 33.4 Å². The minimum atomic E-state index is -1.63. The van der Waals surface area contributed by atoms with E-state index >= 15 is 0 Å². The average molecular weight is 745 g/mol. The lowest BCUT2D eigenvalue weighted by molar-refractivity contribution is 0.121. The number of aryl methyl sites for hydroxylation is 9. The van der Waals surface area contributed by atoms with Crippen molar-refractivity contribution in [2.45, 2.75) is 79.1 Å². The molecule has 0 spiro atoms. The molecule has 3 atom stereocenters. The van der Waals surface area contributed by atoms with Gasteiger partial charge in [-0.2, -0.15) is 0 Å². The second kappa shape index (κ2) is 11.7. The van der Waals surface area contributed by atoms with Crippen molar-refractivity contribution in [3.05, 3.63) is 209 Å². The predicted octanol–water partition coefficient (Wildman–Crippen LogP) is 11.3. The average Bonchev–Trinajstić information content (AvgIpc) is 3.67. The zero-order chi connectivity index (χ0) is 40.1. The highest BCUT2D eigenvalue weighted by atomic mass is 16.3. The first-order valence-electron chi connectivity index (χ1n) is 20.1. The van der Waals surface area contributed by atoms with E-state index in [1.165, 1.54) is 0 Å². The molecule has 10 rings (SSSR count). The van der Waals surface area contributed by atoms with Gasteiger partial charge in [-0.15, -0.1) is 0 Å². The summed E-state index contributed by atoms with van der Waals surface area (Å²) >= 11 is 0. The van der Waals surface area contributed by atoms with Crippen LogP contribution in [0.1, 0.15) is 100 Å². The molecule has 3 aliphatic rings. The summed E-state index contributed by atoms with van der Waals surface area (Å²) in [5.41, 5.74) is 16.5. The van der Waals surface area contributed by atoms with Crippen LogP contribution in [0.25, 0.3) is 33.4 Å². The molecule has 0 saturated carbocycles. The van der Waals surface area contributed by atoms with Crippen LogP contribution in [0.5, 0.6) is 0 Å². The summed E-state index contributed by atoms with van der Waals surface area (Å²) in [7, 11) is 0. The van der Waals surface area contributed by atoms with E-state index < -0.39 is 16.8 Å². The van der Waals surface area contributed by atoms with Crippen LogP contribution in [0.4, 0.5) is 0 Å². The summed E-state index contributed by atoms with van der Waals surface area (Å²) in [6.07, 6.45) is 0. The number of hydrogen-bond acceptors (Lipinski definition) is 3. The van der Waals surface area contributed by atoms with Crippen LogP contribution in [-0.4, -0.2) is 15.3 Å². The van der Waals surface area contributed by atoms with Crippen LogP contribution in [-0.2, 0) is 16.8 Å². The molecule has 3 aliphatic carbocycles. The van der Waals surface area contributed by atoms with Crippen LogP contribution in [0.2, 0.25) is 0 Å². The van der Waals surface area contributed by atoms with E-state index in [0.717, 1.165) is 117 Å². The van der Waals surface area contributed by atoms with E-state index in [1.807, 2.05) is 36.4 Å². The van der Waals surface area contributed by atoms with Gasteiger partial charge < -0.3 is 15.3 Å². The Morgan fingerprint density at radius 1 is 0.298 bits per heavy atom. The van der Waals surface area contributed by atoms with Gasteiger partial charge in [-0.3, -0.25) is 0 Å². The van der Waals surface area contributed by atoms with Gasteiger partial charge in [-0.05, 0) is 146 Å². The lowest BCUT2D eigenvalue weighted by Gasteiger charge is -2.36. The third kappa shape index (κ3) is 4.32. The van der Waals surface area contributed by atoms with Crippen molar-refractivity contribution in [1.29, 1.82) is 0 Å². The molecule has 0 heterocycles. The molecule has 7 aromatic rings. The van der Waals surface area contributed by atoms with Crippen LogP contribution >= 0.6 is 0 Å². The zero-order valence-corrected chi connectivity index (χ0v) is 34.2. The lowest BCUT2D eigenvalue weighted by atomic mass is 9.71. The van der Waals surface area contributed by atoms with E-state index in [-0.39, 0.29) is 0 Å². The van der Waals surface area contributed by atoms with Crippen LogP contribution in [0, 0.1) is 62.3 Å². The number of aliphatic hydroxyl groups is 3. The largest absolute Gasteiger partial charge is 0.376 e. The van der Waals surface area contributed by atoms with E-state index in [1.54, 1.807) is 0 Å². The fourth-order valence-corrected chi connectivity index (χ4v) is 12.1. The molecule has 0 fully saturated rings. The minimum absolute atomic E-state index is 0.715. The molecular weight excluding hydrogens is 697 g/mol.